The van der Waals surface area contributed by atoms with Crippen molar-refractivity contribution in [3.05, 3.63) is 35.9 Å². The van der Waals surface area contributed by atoms with Crippen molar-refractivity contribution in [2.45, 2.75) is 104 Å². The van der Waals surface area contributed by atoms with Crippen LogP contribution in [0.15, 0.2) is 30.3 Å². The number of hydrogen-bond donors (Lipinski definition) is 0. The molecule has 2 atom stereocenters. The standard InChI is InChI=1S/C25H48O3Si2/c1-21(19-26-20-22-15-13-12-14-16-22)23(28-30(10,11)25(5,6)7)17-18-27-29(8,9)24(2,3)4/h12-16,21,23H,17-20H2,1-11H3/t21-,23+/m1/s1. The maximum atomic E-state index is 6.86. The van der Waals surface area contributed by atoms with Crippen LogP contribution >= 0.6 is 0 Å². The number of rotatable bonds is 11. The van der Waals surface area contributed by atoms with E-state index in [0.717, 1.165) is 13.0 Å². The van der Waals surface area contributed by atoms with Crippen LogP contribution in [0, 0.1) is 5.92 Å². The van der Waals surface area contributed by atoms with Crippen molar-refractivity contribution in [1.29, 1.82) is 0 Å². The molecule has 0 aromatic heterocycles. The zero-order valence-electron chi connectivity index (χ0n) is 21.6. The summed E-state index contributed by atoms with van der Waals surface area (Å²) in [5.74, 6) is 0.325. The van der Waals surface area contributed by atoms with Crippen LogP contribution < -0.4 is 0 Å². The smallest absolute Gasteiger partial charge is 0.192 e. The Balaban J connectivity index is 2.76. The van der Waals surface area contributed by atoms with E-state index in [1.165, 1.54) is 5.56 Å². The highest BCUT2D eigenvalue weighted by Gasteiger charge is 2.41. The van der Waals surface area contributed by atoms with Gasteiger partial charge in [-0.15, -0.1) is 0 Å². The van der Waals surface area contributed by atoms with Crippen LogP contribution in [-0.4, -0.2) is 36.0 Å². The molecule has 0 aliphatic rings. The molecule has 174 valence electrons. The van der Waals surface area contributed by atoms with Crippen LogP contribution in [0.25, 0.3) is 0 Å². The predicted molar refractivity (Wildman–Crippen MR) is 135 cm³/mol. The summed E-state index contributed by atoms with van der Waals surface area (Å²) >= 11 is 0. The molecule has 0 aliphatic carbocycles. The van der Waals surface area contributed by atoms with Gasteiger partial charge in [-0.1, -0.05) is 78.8 Å². The van der Waals surface area contributed by atoms with Crippen molar-refractivity contribution >= 4 is 16.6 Å². The van der Waals surface area contributed by atoms with Gasteiger partial charge in [0.05, 0.1) is 19.3 Å². The van der Waals surface area contributed by atoms with Crippen molar-refractivity contribution in [1.82, 2.24) is 0 Å². The summed E-state index contributed by atoms with van der Waals surface area (Å²) in [6.45, 7) is 27.5. The number of benzene rings is 1. The fourth-order valence-corrected chi connectivity index (χ4v) is 5.23. The molecule has 0 radical (unpaired) electrons. The zero-order valence-corrected chi connectivity index (χ0v) is 23.6. The van der Waals surface area contributed by atoms with Crippen molar-refractivity contribution < 1.29 is 13.6 Å². The van der Waals surface area contributed by atoms with Crippen LogP contribution in [0.2, 0.25) is 36.3 Å². The Kier molecular flexibility index (Phi) is 10.0. The first kappa shape index (κ1) is 27.6. The van der Waals surface area contributed by atoms with Gasteiger partial charge in [0.1, 0.15) is 0 Å². The number of ether oxygens (including phenoxy) is 1. The molecule has 1 aromatic carbocycles. The molecule has 0 unspecified atom stereocenters. The van der Waals surface area contributed by atoms with Crippen molar-refractivity contribution in [3.63, 3.8) is 0 Å². The normalized spacial score (nSPS) is 15.8. The summed E-state index contributed by atoms with van der Waals surface area (Å²) in [6.07, 6.45) is 1.08. The highest BCUT2D eigenvalue weighted by molar-refractivity contribution is 6.74. The molecule has 0 N–H and O–H groups in total. The largest absolute Gasteiger partial charge is 0.417 e. The predicted octanol–water partition coefficient (Wildman–Crippen LogP) is 7.64. The minimum absolute atomic E-state index is 0.159. The summed E-state index contributed by atoms with van der Waals surface area (Å²) in [5.41, 5.74) is 1.22. The van der Waals surface area contributed by atoms with E-state index in [1.807, 2.05) is 6.07 Å². The summed E-state index contributed by atoms with van der Waals surface area (Å²) in [6, 6.07) is 10.4. The van der Waals surface area contributed by atoms with Gasteiger partial charge in [0.2, 0.25) is 0 Å². The van der Waals surface area contributed by atoms with E-state index in [9.17, 15) is 0 Å². The molecule has 1 rings (SSSR count). The minimum atomic E-state index is -1.87. The lowest BCUT2D eigenvalue weighted by Gasteiger charge is -2.41. The van der Waals surface area contributed by atoms with Gasteiger partial charge in [0.15, 0.2) is 16.6 Å². The van der Waals surface area contributed by atoms with Crippen molar-refractivity contribution in [2.75, 3.05) is 13.2 Å². The molecule has 0 aliphatic heterocycles. The van der Waals surface area contributed by atoms with Crippen LogP contribution in [0.1, 0.15) is 60.5 Å². The van der Waals surface area contributed by atoms with Gasteiger partial charge in [-0.3, -0.25) is 0 Å². The molecule has 30 heavy (non-hydrogen) atoms. The fourth-order valence-electron chi connectivity index (χ4n) is 2.71. The van der Waals surface area contributed by atoms with E-state index >= 15 is 0 Å². The molecule has 5 heteroatoms. The summed E-state index contributed by atoms with van der Waals surface area (Å²) < 4.78 is 19.4. The fraction of sp³-hybridized carbons (Fsp3) is 0.760. The third kappa shape index (κ3) is 8.58. The van der Waals surface area contributed by atoms with Crippen LogP contribution in [0.3, 0.4) is 0 Å². The maximum Gasteiger partial charge on any atom is 0.192 e. The Morgan fingerprint density at radius 2 is 1.37 bits per heavy atom. The Labute approximate surface area is 189 Å². The van der Waals surface area contributed by atoms with E-state index in [2.05, 4.69) is 98.9 Å². The quantitative estimate of drug-likeness (QED) is 0.323. The van der Waals surface area contributed by atoms with Crippen LogP contribution in [-0.2, 0) is 20.2 Å². The molecule has 0 heterocycles. The maximum absolute atomic E-state index is 6.86. The van der Waals surface area contributed by atoms with Gasteiger partial charge in [-0.25, -0.2) is 0 Å². The van der Waals surface area contributed by atoms with Gasteiger partial charge in [-0.05, 0) is 48.2 Å². The van der Waals surface area contributed by atoms with Gasteiger partial charge >= 0.3 is 0 Å². The SMILES string of the molecule is C[C@H](COCc1ccccc1)[C@H](CCO[Si](C)(C)C(C)(C)C)O[Si](C)(C)C(C)(C)C. The lowest BCUT2D eigenvalue weighted by Crippen LogP contribution is -2.47. The molecular weight excluding hydrogens is 404 g/mol. The van der Waals surface area contributed by atoms with Crippen molar-refractivity contribution in [2.24, 2.45) is 5.92 Å². The third-order valence-corrected chi connectivity index (χ3v) is 16.1. The first-order valence-corrected chi connectivity index (χ1v) is 17.3. The summed E-state index contributed by atoms with van der Waals surface area (Å²) in [5, 5.41) is 0.420. The topological polar surface area (TPSA) is 27.7 Å². The van der Waals surface area contributed by atoms with Crippen molar-refractivity contribution in [3.8, 4) is 0 Å². The van der Waals surface area contributed by atoms with Gasteiger partial charge in [0, 0.05) is 12.5 Å². The first-order valence-electron chi connectivity index (χ1n) is 11.5. The average Bonchev–Trinajstić information content (AvgIpc) is 2.59. The van der Waals surface area contributed by atoms with Gasteiger partial charge < -0.3 is 13.6 Å². The highest BCUT2D eigenvalue weighted by atomic mass is 28.4. The van der Waals surface area contributed by atoms with E-state index < -0.39 is 16.6 Å². The lowest BCUT2D eigenvalue weighted by atomic mass is 10.0. The van der Waals surface area contributed by atoms with E-state index in [0.29, 0.717) is 19.1 Å². The van der Waals surface area contributed by atoms with Gasteiger partial charge in [0.25, 0.3) is 0 Å². The zero-order chi connectivity index (χ0) is 23.2. The molecule has 0 bridgehead atoms. The van der Waals surface area contributed by atoms with E-state index in [-0.39, 0.29) is 16.2 Å². The van der Waals surface area contributed by atoms with Crippen LogP contribution in [0.4, 0.5) is 0 Å². The Morgan fingerprint density at radius 1 is 0.833 bits per heavy atom. The Hall–Kier alpha value is -0.466. The Bertz CT molecular complexity index is 616. The molecule has 0 amide bonds. The summed E-state index contributed by atoms with van der Waals surface area (Å²) in [7, 11) is -3.61. The van der Waals surface area contributed by atoms with E-state index in [4.69, 9.17) is 13.6 Å². The van der Waals surface area contributed by atoms with Gasteiger partial charge in [-0.2, -0.15) is 0 Å². The second kappa shape index (κ2) is 10.9. The third-order valence-electron chi connectivity index (χ3n) is 7.05. The molecule has 3 nitrogen and oxygen atoms in total. The second-order valence-electron chi connectivity index (χ2n) is 11.8. The lowest BCUT2D eigenvalue weighted by molar-refractivity contribution is 0.0245. The number of hydrogen-bond acceptors (Lipinski definition) is 3. The Morgan fingerprint density at radius 3 is 1.87 bits per heavy atom. The molecule has 0 saturated carbocycles. The molecule has 0 spiro atoms. The second-order valence-corrected chi connectivity index (χ2v) is 21.4. The summed E-state index contributed by atoms with van der Waals surface area (Å²) in [4.78, 5) is 0. The monoisotopic (exact) mass is 452 g/mol. The highest BCUT2D eigenvalue weighted by Crippen LogP contribution is 2.39. The molecule has 0 saturated heterocycles. The molecule has 1 aromatic rings. The molecule has 0 fully saturated rings. The molecular formula is C25H48O3Si2. The minimum Gasteiger partial charge on any atom is -0.417 e. The van der Waals surface area contributed by atoms with E-state index in [1.54, 1.807) is 0 Å². The van der Waals surface area contributed by atoms with Crippen LogP contribution in [0.5, 0.6) is 0 Å². The average molecular weight is 453 g/mol. The first-order chi connectivity index (χ1) is 13.6.